The van der Waals surface area contributed by atoms with E-state index in [1.165, 1.54) is 11.9 Å². The number of carbonyl (C=O) groups excluding carboxylic acids is 1. The lowest BCUT2D eigenvalue weighted by molar-refractivity contribution is -0.136. The number of hydrogen-bond donors (Lipinski definition) is 2. The van der Waals surface area contributed by atoms with Gasteiger partial charge in [0.05, 0.1) is 23.2 Å². The molecular weight excluding hydrogens is 562 g/mol. The molecule has 6 fully saturated rings. The van der Waals surface area contributed by atoms with Crippen molar-refractivity contribution >= 4 is 38.8 Å². The van der Waals surface area contributed by atoms with Crippen molar-refractivity contribution in [2.24, 2.45) is 23.2 Å². The highest BCUT2D eigenvalue weighted by atomic mass is 32.2. The number of amides is 2. The van der Waals surface area contributed by atoms with Crippen molar-refractivity contribution in [3.8, 4) is 0 Å². The standard InChI is InChI=1S/C33H43N5O4S/c1-43(41,42)36-13-11-32(22-36)10-12-35(21-32)26-6-8-27(9-7-26)37-14-15-38(29-5-3-2-4-28(29)37)31(39)34-30-24-16-23-17-25(30)20-33(40,18-23)19-24/h2-9,23-25,30,40H,10-22H2,1H3,(H,34,39)/t23?,24-,25+,30?,32?,33?. The van der Waals surface area contributed by atoms with E-state index in [4.69, 9.17) is 0 Å². The Labute approximate surface area is 254 Å². The molecule has 3 aliphatic heterocycles. The molecule has 1 spiro atoms. The number of nitrogens with one attached hydrogen (secondary N) is 1. The fourth-order valence-electron chi connectivity index (χ4n) is 9.79. The first-order valence-corrected chi connectivity index (χ1v) is 17.9. The number of benzene rings is 2. The minimum atomic E-state index is -3.14. The fraction of sp³-hybridized carbons (Fsp3) is 0.606. The van der Waals surface area contributed by atoms with Crippen LogP contribution in [0.2, 0.25) is 0 Å². The third-order valence-electron chi connectivity index (χ3n) is 11.6. The number of urea groups is 1. The van der Waals surface area contributed by atoms with Gasteiger partial charge in [-0.25, -0.2) is 17.5 Å². The van der Waals surface area contributed by atoms with Crippen LogP contribution in [0.3, 0.4) is 0 Å². The molecule has 9 nitrogen and oxygen atoms in total. The summed E-state index contributed by atoms with van der Waals surface area (Å²) in [4.78, 5) is 20.3. The van der Waals surface area contributed by atoms with Gasteiger partial charge in [-0.3, -0.25) is 4.90 Å². The van der Waals surface area contributed by atoms with Gasteiger partial charge in [0.25, 0.3) is 0 Å². The van der Waals surface area contributed by atoms with Gasteiger partial charge >= 0.3 is 6.03 Å². The van der Waals surface area contributed by atoms with Gasteiger partial charge in [0.1, 0.15) is 0 Å². The van der Waals surface area contributed by atoms with E-state index >= 15 is 0 Å². The number of fused-ring (bicyclic) bond motifs is 1. The average Bonchev–Trinajstić information content (AvgIpc) is 3.60. The van der Waals surface area contributed by atoms with Gasteiger partial charge < -0.3 is 20.2 Å². The van der Waals surface area contributed by atoms with Crippen LogP contribution in [0.5, 0.6) is 0 Å². The van der Waals surface area contributed by atoms with Crippen molar-refractivity contribution in [2.45, 2.75) is 56.6 Å². The summed E-state index contributed by atoms with van der Waals surface area (Å²) in [5.74, 6) is 1.38. The van der Waals surface area contributed by atoms with Crippen molar-refractivity contribution in [3.05, 3.63) is 48.5 Å². The molecule has 2 aromatic carbocycles. The lowest BCUT2D eigenvalue weighted by atomic mass is 9.52. The summed E-state index contributed by atoms with van der Waals surface area (Å²) < 4.78 is 25.8. The number of aliphatic hydroxyl groups is 1. The topological polar surface area (TPSA) is 96.4 Å². The minimum Gasteiger partial charge on any atom is -0.390 e. The molecule has 7 aliphatic rings. The highest BCUT2D eigenvalue weighted by Crippen LogP contribution is 2.55. The molecule has 10 heteroatoms. The normalized spacial score (nSPS) is 35.2. The SMILES string of the molecule is CS(=O)(=O)N1CCC2(CCN(c3ccc(N4CCN(C(=O)NC5[C@@H]6CC7C[C@H]5CC(O)(C7)C6)c5ccccc54)cc3)C2)C1. The predicted octanol–water partition coefficient (Wildman–Crippen LogP) is 4.16. The summed E-state index contributed by atoms with van der Waals surface area (Å²) >= 11 is 0. The summed E-state index contributed by atoms with van der Waals surface area (Å²) in [6.07, 6.45) is 8.10. The van der Waals surface area contributed by atoms with Crippen LogP contribution in [0.1, 0.15) is 44.9 Å². The van der Waals surface area contributed by atoms with E-state index in [1.807, 2.05) is 23.1 Å². The van der Waals surface area contributed by atoms with Crippen molar-refractivity contribution in [1.82, 2.24) is 9.62 Å². The van der Waals surface area contributed by atoms with E-state index in [0.717, 1.165) is 75.1 Å². The number of para-hydroxylation sites is 2. The van der Waals surface area contributed by atoms with Crippen LogP contribution >= 0.6 is 0 Å². The van der Waals surface area contributed by atoms with Crippen LogP contribution in [0, 0.1) is 23.2 Å². The van der Waals surface area contributed by atoms with Crippen LogP contribution in [0.25, 0.3) is 0 Å². The molecule has 2 amide bonds. The van der Waals surface area contributed by atoms with E-state index in [-0.39, 0.29) is 17.5 Å². The number of sulfonamides is 1. The first kappa shape index (κ1) is 27.7. The molecule has 2 saturated heterocycles. The van der Waals surface area contributed by atoms with Crippen molar-refractivity contribution in [1.29, 1.82) is 0 Å². The average molecular weight is 606 g/mol. The molecule has 6 atom stereocenters. The molecule has 230 valence electrons. The van der Waals surface area contributed by atoms with Gasteiger partial charge in [-0.2, -0.15) is 0 Å². The van der Waals surface area contributed by atoms with Gasteiger partial charge in [-0.1, -0.05) is 12.1 Å². The Morgan fingerprint density at radius 3 is 2.21 bits per heavy atom. The highest BCUT2D eigenvalue weighted by Gasteiger charge is 2.55. The summed E-state index contributed by atoms with van der Waals surface area (Å²) in [7, 11) is -3.14. The fourth-order valence-corrected chi connectivity index (χ4v) is 10.7. The van der Waals surface area contributed by atoms with Gasteiger partial charge in [0, 0.05) is 62.1 Å². The van der Waals surface area contributed by atoms with Crippen molar-refractivity contribution in [2.75, 3.05) is 60.2 Å². The van der Waals surface area contributed by atoms with Crippen LogP contribution in [0.15, 0.2) is 48.5 Å². The van der Waals surface area contributed by atoms with Gasteiger partial charge in [0.2, 0.25) is 10.0 Å². The third kappa shape index (κ3) is 4.80. The summed E-state index contributed by atoms with van der Waals surface area (Å²) in [5, 5.41) is 14.4. The molecule has 0 aromatic heterocycles. The molecule has 4 saturated carbocycles. The van der Waals surface area contributed by atoms with Crippen molar-refractivity contribution in [3.63, 3.8) is 0 Å². The van der Waals surface area contributed by atoms with Crippen LogP contribution in [-0.4, -0.2) is 81.0 Å². The molecule has 9 rings (SSSR count). The number of nitrogens with zero attached hydrogens (tertiary/aromatic N) is 4. The van der Waals surface area contributed by atoms with Crippen molar-refractivity contribution < 1.29 is 18.3 Å². The first-order chi connectivity index (χ1) is 20.6. The quantitative estimate of drug-likeness (QED) is 0.544. The maximum Gasteiger partial charge on any atom is 0.322 e. The molecule has 4 unspecified atom stereocenters. The smallest absolute Gasteiger partial charge is 0.322 e. The molecule has 0 radical (unpaired) electrons. The lowest BCUT2D eigenvalue weighted by Gasteiger charge is -2.58. The zero-order valence-corrected chi connectivity index (χ0v) is 25.8. The number of rotatable bonds is 4. The lowest BCUT2D eigenvalue weighted by Crippen LogP contribution is -2.63. The first-order valence-electron chi connectivity index (χ1n) is 16.1. The number of hydrogen-bond acceptors (Lipinski definition) is 6. The van der Waals surface area contributed by atoms with Crippen LogP contribution < -0.4 is 20.0 Å². The number of anilines is 4. The zero-order chi connectivity index (χ0) is 29.6. The Hall–Kier alpha value is -2.82. The van der Waals surface area contributed by atoms with Gasteiger partial charge in [-0.05, 0) is 99.1 Å². The second-order valence-electron chi connectivity index (χ2n) is 14.5. The second-order valence-corrected chi connectivity index (χ2v) is 16.5. The van der Waals surface area contributed by atoms with Crippen LogP contribution in [0.4, 0.5) is 27.5 Å². The number of carbonyl (C=O) groups is 1. The highest BCUT2D eigenvalue weighted by molar-refractivity contribution is 7.88. The summed E-state index contributed by atoms with van der Waals surface area (Å²) in [5.41, 5.74) is 3.78. The van der Waals surface area contributed by atoms with E-state index in [1.54, 1.807) is 4.31 Å². The second kappa shape index (κ2) is 9.84. The Balaban J connectivity index is 0.958. The molecule has 4 aliphatic carbocycles. The Morgan fingerprint density at radius 2 is 1.53 bits per heavy atom. The van der Waals surface area contributed by atoms with Gasteiger partial charge in [0.15, 0.2) is 0 Å². The summed E-state index contributed by atoms with van der Waals surface area (Å²) in [6, 6.07) is 17.0. The maximum absolute atomic E-state index is 13.7. The molecule has 4 bridgehead atoms. The largest absolute Gasteiger partial charge is 0.390 e. The predicted molar refractivity (Wildman–Crippen MR) is 168 cm³/mol. The molecular formula is C33H43N5O4S. The van der Waals surface area contributed by atoms with E-state index < -0.39 is 15.6 Å². The van der Waals surface area contributed by atoms with Gasteiger partial charge in [-0.15, -0.1) is 0 Å². The molecule has 2 N–H and O–H groups in total. The third-order valence-corrected chi connectivity index (χ3v) is 12.9. The summed E-state index contributed by atoms with van der Waals surface area (Å²) in [6.45, 7) is 4.39. The Kier molecular flexibility index (Phi) is 6.34. The van der Waals surface area contributed by atoms with Crippen LogP contribution in [-0.2, 0) is 10.0 Å². The molecule has 43 heavy (non-hydrogen) atoms. The van der Waals surface area contributed by atoms with E-state index in [2.05, 4.69) is 45.4 Å². The minimum absolute atomic E-state index is 0.0174. The Morgan fingerprint density at radius 1 is 0.860 bits per heavy atom. The van der Waals surface area contributed by atoms with E-state index in [0.29, 0.717) is 43.9 Å². The maximum atomic E-state index is 13.7. The molecule has 3 heterocycles. The monoisotopic (exact) mass is 605 g/mol. The zero-order valence-electron chi connectivity index (χ0n) is 25.0. The Bertz CT molecular complexity index is 1520. The molecule has 2 aromatic rings. The van der Waals surface area contributed by atoms with E-state index in [9.17, 15) is 18.3 Å².